The zero-order chi connectivity index (χ0) is 5.98. The summed E-state index contributed by atoms with van der Waals surface area (Å²) in [7, 11) is 0. The Morgan fingerprint density at radius 2 is 2.25 bits per heavy atom. The number of amidine groups is 1. The molecule has 3 heteroatoms. The van der Waals surface area contributed by atoms with Crippen LogP contribution in [0.3, 0.4) is 0 Å². The molecule has 0 saturated carbocycles. The monoisotopic (exact) mass is 111 g/mol. The van der Waals surface area contributed by atoms with Crippen LogP contribution in [-0.4, -0.2) is 12.5 Å². The van der Waals surface area contributed by atoms with Crippen molar-refractivity contribution in [2.75, 3.05) is 6.67 Å². The number of hydrogen-bond acceptors (Lipinski definition) is 3. The largest absolute Gasteiger partial charge is 0.243 e. The van der Waals surface area contributed by atoms with Gasteiger partial charge in [-0.25, -0.2) is 4.99 Å². The van der Waals surface area contributed by atoms with Crippen LogP contribution < -0.4 is 0 Å². The van der Waals surface area contributed by atoms with Crippen molar-refractivity contribution in [1.82, 2.24) is 0 Å². The number of aliphatic imine (C=N–C) groups is 1. The Bertz CT molecular complexity index is 135. The highest BCUT2D eigenvalue weighted by molar-refractivity contribution is 5.85. The van der Waals surface area contributed by atoms with Gasteiger partial charge in [-0.1, -0.05) is 13.8 Å². The molecule has 1 rings (SSSR count). The number of azo groups is 1. The minimum absolute atomic E-state index is 0.432. The van der Waals surface area contributed by atoms with E-state index in [1.165, 1.54) is 0 Å². The normalized spacial score (nSPS) is 17.6. The maximum atomic E-state index is 4.02. The summed E-state index contributed by atoms with van der Waals surface area (Å²) in [6, 6.07) is 0. The molecule has 0 spiro atoms. The lowest BCUT2D eigenvalue weighted by Crippen LogP contribution is -1.99. The van der Waals surface area contributed by atoms with E-state index in [0.717, 1.165) is 5.84 Å². The van der Waals surface area contributed by atoms with Gasteiger partial charge in [0.1, 0.15) is 5.84 Å². The molecule has 0 fully saturated rings. The molecule has 44 valence electrons. The molecule has 0 atom stereocenters. The Balaban J connectivity index is 2.58. The number of rotatable bonds is 1. The molecular weight excluding hydrogens is 102 g/mol. The molecule has 8 heavy (non-hydrogen) atoms. The fourth-order valence-electron chi connectivity index (χ4n) is 0.538. The van der Waals surface area contributed by atoms with Crippen LogP contribution in [-0.2, 0) is 0 Å². The summed E-state index contributed by atoms with van der Waals surface area (Å²) in [4.78, 5) is 4.02. The standard InChI is InChI=1S/C5H9N3/c1-4(2)5-6-3-7-8-5/h4H,3H2,1-2H3. The second kappa shape index (κ2) is 2.03. The van der Waals surface area contributed by atoms with Gasteiger partial charge in [0, 0.05) is 5.92 Å². The molecule has 0 N–H and O–H groups in total. The average Bonchev–Trinajstić information content (AvgIpc) is 2.12. The molecule has 1 aliphatic rings. The van der Waals surface area contributed by atoms with E-state index in [-0.39, 0.29) is 0 Å². The highest BCUT2D eigenvalue weighted by atomic mass is 15.3. The molecule has 0 aromatic carbocycles. The molecule has 0 aromatic rings. The Hall–Kier alpha value is -0.730. The van der Waals surface area contributed by atoms with Crippen molar-refractivity contribution < 1.29 is 0 Å². The smallest absolute Gasteiger partial charge is 0.152 e. The second-order valence-electron chi connectivity index (χ2n) is 2.05. The Labute approximate surface area is 48.5 Å². The lowest BCUT2D eigenvalue weighted by molar-refractivity contribution is 0.873. The average molecular weight is 111 g/mol. The van der Waals surface area contributed by atoms with Crippen LogP contribution in [0.1, 0.15) is 13.8 Å². The first-order valence-electron chi connectivity index (χ1n) is 2.72. The minimum Gasteiger partial charge on any atom is -0.243 e. The van der Waals surface area contributed by atoms with Crippen LogP contribution in [0.5, 0.6) is 0 Å². The van der Waals surface area contributed by atoms with Gasteiger partial charge in [0.25, 0.3) is 0 Å². The molecule has 1 heterocycles. The third-order valence-electron chi connectivity index (χ3n) is 0.986. The molecule has 1 aliphatic heterocycles. The van der Waals surface area contributed by atoms with Crippen molar-refractivity contribution in [2.24, 2.45) is 21.1 Å². The van der Waals surface area contributed by atoms with Crippen molar-refractivity contribution in [3.63, 3.8) is 0 Å². The van der Waals surface area contributed by atoms with Gasteiger partial charge in [-0.3, -0.25) is 0 Å². The topological polar surface area (TPSA) is 37.1 Å². The molecule has 0 radical (unpaired) electrons. The van der Waals surface area contributed by atoms with Crippen LogP contribution >= 0.6 is 0 Å². The SMILES string of the molecule is CC(C)C1=NCN=N1. The first kappa shape index (κ1) is 5.41. The highest BCUT2D eigenvalue weighted by Crippen LogP contribution is 2.03. The summed E-state index contributed by atoms with van der Waals surface area (Å²) >= 11 is 0. The number of hydrogen-bond donors (Lipinski definition) is 0. The van der Waals surface area contributed by atoms with Gasteiger partial charge in [-0.15, -0.1) is 5.11 Å². The van der Waals surface area contributed by atoms with E-state index in [0.29, 0.717) is 12.6 Å². The van der Waals surface area contributed by atoms with Gasteiger partial charge in [0.05, 0.1) is 0 Å². The lowest BCUT2D eigenvalue weighted by atomic mass is 10.2. The first-order valence-corrected chi connectivity index (χ1v) is 2.72. The van der Waals surface area contributed by atoms with Crippen molar-refractivity contribution in [3.8, 4) is 0 Å². The minimum atomic E-state index is 0.432. The summed E-state index contributed by atoms with van der Waals surface area (Å²) in [6.45, 7) is 4.65. The van der Waals surface area contributed by atoms with Crippen molar-refractivity contribution >= 4 is 5.84 Å². The molecule has 0 saturated heterocycles. The molecule has 0 bridgehead atoms. The van der Waals surface area contributed by atoms with E-state index in [2.05, 4.69) is 29.1 Å². The van der Waals surface area contributed by atoms with Gasteiger partial charge in [-0.2, -0.15) is 5.11 Å². The van der Waals surface area contributed by atoms with Crippen LogP contribution in [0, 0.1) is 5.92 Å². The summed E-state index contributed by atoms with van der Waals surface area (Å²) in [5, 5.41) is 7.52. The highest BCUT2D eigenvalue weighted by Gasteiger charge is 2.05. The molecule has 0 unspecified atom stereocenters. The summed E-state index contributed by atoms with van der Waals surface area (Å²) in [5.74, 6) is 1.31. The van der Waals surface area contributed by atoms with E-state index >= 15 is 0 Å². The quantitative estimate of drug-likeness (QED) is 0.491. The van der Waals surface area contributed by atoms with Gasteiger partial charge in [0.15, 0.2) is 6.67 Å². The third kappa shape index (κ3) is 0.911. The fraction of sp³-hybridized carbons (Fsp3) is 0.800. The predicted octanol–water partition coefficient (Wildman–Crippen LogP) is 1.46. The van der Waals surface area contributed by atoms with E-state index in [1.807, 2.05) is 0 Å². The Kier molecular flexibility index (Phi) is 1.37. The van der Waals surface area contributed by atoms with Gasteiger partial charge in [-0.05, 0) is 0 Å². The van der Waals surface area contributed by atoms with E-state index < -0.39 is 0 Å². The first-order chi connectivity index (χ1) is 3.80. The molecular formula is C5H9N3. The fourth-order valence-corrected chi connectivity index (χ4v) is 0.538. The zero-order valence-electron chi connectivity index (χ0n) is 5.13. The maximum absolute atomic E-state index is 4.02. The Morgan fingerprint density at radius 1 is 1.50 bits per heavy atom. The van der Waals surface area contributed by atoms with Crippen molar-refractivity contribution in [2.45, 2.75) is 13.8 Å². The summed E-state index contributed by atoms with van der Waals surface area (Å²) < 4.78 is 0. The van der Waals surface area contributed by atoms with Crippen LogP contribution in [0.4, 0.5) is 0 Å². The number of nitrogens with zero attached hydrogens (tertiary/aromatic N) is 3. The van der Waals surface area contributed by atoms with E-state index in [4.69, 9.17) is 0 Å². The molecule has 0 aliphatic carbocycles. The van der Waals surface area contributed by atoms with Gasteiger partial charge >= 0.3 is 0 Å². The van der Waals surface area contributed by atoms with Crippen LogP contribution in [0.25, 0.3) is 0 Å². The predicted molar refractivity (Wildman–Crippen MR) is 32.0 cm³/mol. The van der Waals surface area contributed by atoms with E-state index in [9.17, 15) is 0 Å². The summed E-state index contributed by atoms with van der Waals surface area (Å²) in [5.41, 5.74) is 0. The van der Waals surface area contributed by atoms with Crippen molar-refractivity contribution in [1.29, 1.82) is 0 Å². The molecule has 3 nitrogen and oxygen atoms in total. The second-order valence-corrected chi connectivity index (χ2v) is 2.05. The molecule has 0 amide bonds. The summed E-state index contributed by atoms with van der Waals surface area (Å²) in [6.07, 6.45) is 0. The van der Waals surface area contributed by atoms with Gasteiger partial charge < -0.3 is 0 Å². The lowest BCUT2D eigenvalue weighted by Gasteiger charge is -1.94. The molecule has 0 aromatic heterocycles. The van der Waals surface area contributed by atoms with E-state index in [1.54, 1.807) is 0 Å². The van der Waals surface area contributed by atoms with Gasteiger partial charge in [0.2, 0.25) is 0 Å². The third-order valence-corrected chi connectivity index (χ3v) is 0.986. The zero-order valence-corrected chi connectivity index (χ0v) is 5.13. The van der Waals surface area contributed by atoms with Crippen LogP contribution in [0.15, 0.2) is 15.2 Å². The Morgan fingerprint density at radius 3 is 2.50 bits per heavy atom. The van der Waals surface area contributed by atoms with Crippen molar-refractivity contribution in [3.05, 3.63) is 0 Å². The maximum Gasteiger partial charge on any atom is 0.152 e. The van der Waals surface area contributed by atoms with Crippen LogP contribution in [0.2, 0.25) is 0 Å².